The van der Waals surface area contributed by atoms with Gasteiger partial charge in [-0.2, -0.15) is 0 Å². The Morgan fingerprint density at radius 3 is 2.47 bits per heavy atom. The first-order chi connectivity index (χ1) is 8.05. The number of esters is 1. The van der Waals surface area contributed by atoms with E-state index in [0.717, 1.165) is 12.2 Å². The van der Waals surface area contributed by atoms with Gasteiger partial charge in [0, 0.05) is 6.42 Å². The van der Waals surface area contributed by atoms with Gasteiger partial charge in [-0.15, -0.1) is 0 Å². The van der Waals surface area contributed by atoms with E-state index in [1.165, 1.54) is 10.4 Å². The number of cyclic esters (lactones) is 1. The van der Waals surface area contributed by atoms with Crippen LogP contribution in [0.1, 0.15) is 19.8 Å². The van der Waals surface area contributed by atoms with Crippen molar-refractivity contribution < 1.29 is 9.53 Å². The normalized spacial score (nSPS) is 16.3. The zero-order valence-corrected chi connectivity index (χ0v) is 11.6. The summed E-state index contributed by atoms with van der Waals surface area (Å²) in [5.41, 5.74) is 0. The second-order valence-electron chi connectivity index (χ2n) is 4.90. The molecule has 0 unspecified atom stereocenters. The van der Waals surface area contributed by atoms with E-state index < -0.39 is 8.07 Å². The van der Waals surface area contributed by atoms with Crippen LogP contribution < -0.4 is 5.19 Å². The molecule has 1 aliphatic rings. The zero-order chi connectivity index (χ0) is 12.5. The molecule has 0 saturated carbocycles. The average Bonchev–Trinajstić information content (AvgIpc) is 2.72. The fraction of sp³-hybridized carbons (Fsp3) is 0.357. The lowest BCUT2D eigenvalue weighted by Gasteiger charge is -2.24. The Kier molecular flexibility index (Phi) is 3.20. The Bertz CT molecular complexity index is 460. The van der Waals surface area contributed by atoms with Crippen molar-refractivity contribution in [3.63, 3.8) is 0 Å². The third-order valence-electron chi connectivity index (χ3n) is 3.47. The number of allylic oxidation sites excluding steroid dienone is 1. The molecule has 1 aliphatic heterocycles. The van der Waals surface area contributed by atoms with Crippen molar-refractivity contribution in [1.82, 2.24) is 0 Å². The van der Waals surface area contributed by atoms with Gasteiger partial charge in [0.25, 0.3) is 0 Å². The van der Waals surface area contributed by atoms with Crippen LogP contribution in [0.5, 0.6) is 0 Å². The summed E-state index contributed by atoms with van der Waals surface area (Å²) in [7, 11) is -1.74. The van der Waals surface area contributed by atoms with E-state index in [2.05, 4.69) is 37.4 Å². The Morgan fingerprint density at radius 2 is 1.88 bits per heavy atom. The molecule has 2 nitrogen and oxygen atoms in total. The Balaban J connectivity index is 2.42. The van der Waals surface area contributed by atoms with Gasteiger partial charge in [0.2, 0.25) is 0 Å². The van der Waals surface area contributed by atoms with Crippen molar-refractivity contribution in [2.24, 2.45) is 0 Å². The lowest BCUT2D eigenvalue weighted by Crippen LogP contribution is -2.44. The maximum absolute atomic E-state index is 11.5. The summed E-state index contributed by atoms with van der Waals surface area (Å²) in [6.45, 7) is 6.62. The van der Waals surface area contributed by atoms with E-state index in [1.807, 2.05) is 13.0 Å². The van der Waals surface area contributed by atoms with Gasteiger partial charge < -0.3 is 4.74 Å². The maximum atomic E-state index is 11.5. The summed E-state index contributed by atoms with van der Waals surface area (Å²) in [5.74, 6) is 0.823. The first kappa shape index (κ1) is 12.1. The van der Waals surface area contributed by atoms with Crippen LogP contribution in [-0.4, -0.2) is 14.0 Å². The number of rotatable bonds is 3. The van der Waals surface area contributed by atoms with Crippen molar-refractivity contribution in [2.45, 2.75) is 32.9 Å². The monoisotopic (exact) mass is 246 g/mol. The van der Waals surface area contributed by atoms with Crippen LogP contribution >= 0.6 is 0 Å². The number of ether oxygens (including phenoxy) is 1. The summed E-state index contributed by atoms with van der Waals surface area (Å²) in [5, 5.41) is 2.62. The van der Waals surface area contributed by atoms with Gasteiger partial charge in [-0.25, -0.2) is 0 Å². The van der Waals surface area contributed by atoms with Gasteiger partial charge in [0.05, 0.1) is 6.42 Å². The van der Waals surface area contributed by atoms with Gasteiger partial charge in [-0.1, -0.05) is 55.5 Å². The third kappa shape index (κ3) is 2.20. The highest BCUT2D eigenvalue weighted by Gasteiger charge is 2.36. The largest absolute Gasteiger partial charge is 0.431 e. The van der Waals surface area contributed by atoms with Gasteiger partial charge in [-0.05, 0) is 5.20 Å². The summed E-state index contributed by atoms with van der Waals surface area (Å²) >= 11 is 0. The molecule has 0 amide bonds. The van der Waals surface area contributed by atoms with Gasteiger partial charge in [0.1, 0.15) is 13.8 Å². The average molecular weight is 246 g/mol. The molecule has 17 heavy (non-hydrogen) atoms. The van der Waals surface area contributed by atoms with Crippen molar-refractivity contribution in [3.05, 3.63) is 41.3 Å². The topological polar surface area (TPSA) is 26.3 Å². The van der Waals surface area contributed by atoms with Gasteiger partial charge in [-0.3, -0.25) is 4.79 Å². The lowest BCUT2D eigenvalue weighted by atomic mass is 10.3. The van der Waals surface area contributed by atoms with E-state index in [-0.39, 0.29) is 5.97 Å². The minimum Gasteiger partial charge on any atom is -0.431 e. The van der Waals surface area contributed by atoms with Crippen molar-refractivity contribution in [1.29, 1.82) is 0 Å². The zero-order valence-electron chi connectivity index (χ0n) is 10.6. The molecule has 3 heteroatoms. The Labute approximate surface area is 103 Å². The highest BCUT2D eigenvalue weighted by Crippen LogP contribution is 2.30. The first-order valence-corrected chi connectivity index (χ1v) is 9.04. The Hall–Kier alpha value is -1.35. The SMILES string of the molecule is CCC1=C([Si](C)(C)c2ccccc2)CC(=O)O1. The third-order valence-corrected chi connectivity index (χ3v) is 7.21. The van der Waals surface area contributed by atoms with Crippen LogP contribution in [0, 0.1) is 0 Å². The number of carbonyl (C=O) groups is 1. The van der Waals surface area contributed by atoms with E-state index in [9.17, 15) is 4.79 Å². The van der Waals surface area contributed by atoms with Crippen LogP contribution in [0.15, 0.2) is 41.3 Å². The van der Waals surface area contributed by atoms with Crippen LogP contribution in [0.3, 0.4) is 0 Å². The molecule has 0 fully saturated rings. The summed E-state index contributed by atoms with van der Waals surface area (Å²) in [6.07, 6.45) is 1.29. The quantitative estimate of drug-likeness (QED) is 0.605. The molecule has 1 heterocycles. The number of hydrogen-bond donors (Lipinski definition) is 0. The van der Waals surface area contributed by atoms with Crippen molar-refractivity contribution in [3.8, 4) is 0 Å². The predicted octanol–water partition coefficient (Wildman–Crippen LogP) is 2.75. The van der Waals surface area contributed by atoms with Crippen LogP contribution in [0.2, 0.25) is 13.1 Å². The Morgan fingerprint density at radius 1 is 1.24 bits per heavy atom. The predicted molar refractivity (Wildman–Crippen MR) is 71.6 cm³/mol. The molecule has 1 aromatic carbocycles. The molecule has 0 aliphatic carbocycles. The molecule has 0 saturated heterocycles. The van der Waals surface area contributed by atoms with Gasteiger partial charge >= 0.3 is 5.97 Å². The van der Waals surface area contributed by atoms with Crippen LogP contribution in [0.4, 0.5) is 0 Å². The van der Waals surface area contributed by atoms with E-state index in [0.29, 0.717) is 6.42 Å². The number of hydrogen-bond acceptors (Lipinski definition) is 2. The molecular formula is C14H18O2Si. The fourth-order valence-corrected chi connectivity index (χ4v) is 5.25. The molecule has 0 atom stereocenters. The molecule has 0 spiro atoms. The molecule has 0 N–H and O–H groups in total. The van der Waals surface area contributed by atoms with Crippen molar-refractivity contribution in [2.75, 3.05) is 0 Å². The summed E-state index contributed by atoms with van der Waals surface area (Å²) < 4.78 is 5.31. The molecule has 0 aromatic heterocycles. The fourth-order valence-electron chi connectivity index (χ4n) is 2.36. The minimum atomic E-state index is -1.74. The molecule has 0 radical (unpaired) electrons. The first-order valence-electron chi connectivity index (χ1n) is 6.04. The second kappa shape index (κ2) is 4.49. The lowest BCUT2D eigenvalue weighted by molar-refractivity contribution is -0.136. The van der Waals surface area contributed by atoms with E-state index in [4.69, 9.17) is 4.74 Å². The molecule has 1 aromatic rings. The van der Waals surface area contributed by atoms with Crippen molar-refractivity contribution >= 4 is 19.2 Å². The van der Waals surface area contributed by atoms with Gasteiger partial charge in [0.15, 0.2) is 0 Å². The second-order valence-corrected chi connectivity index (χ2v) is 9.33. The van der Waals surface area contributed by atoms with Crippen LogP contribution in [0.25, 0.3) is 0 Å². The molecular weight excluding hydrogens is 228 g/mol. The van der Waals surface area contributed by atoms with E-state index >= 15 is 0 Å². The molecule has 90 valence electrons. The molecule has 2 rings (SSSR count). The smallest absolute Gasteiger partial charge is 0.314 e. The minimum absolute atomic E-state index is 0.0895. The van der Waals surface area contributed by atoms with E-state index in [1.54, 1.807) is 0 Å². The standard InChI is InChI=1S/C14H18O2Si/c1-4-12-13(10-14(15)16-12)17(2,3)11-8-6-5-7-9-11/h5-9H,4,10H2,1-3H3. The number of carbonyl (C=O) groups excluding carboxylic acids is 1. The number of benzene rings is 1. The summed E-state index contributed by atoms with van der Waals surface area (Å²) in [4.78, 5) is 11.5. The highest BCUT2D eigenvalue weighted by molar-refractivity contribution is 6.96. The molecule has 0 bridgehead atoms. The maximum Gasteiger partial charge on any atom is 0.314 e. The summed E-state index contributed by atoms with van der Waals surface area (Å²) in [6, 6.07) is 10.5. The van der Waals surface area contributed by atoms with Crippen LogP contribution in [-0.2, 0) is 9.53 Å². The highest BCUT2D eigenvalue weighted by atomic mass is 28.3.